The summed E-state index contributed by atoms with van der Waals surface area (Å²) in [6, 6.07) is 12.9. The molecule has 0 fully saturated rings. The fraction of sp³-hybridized carbons (Fsp3) is 0.0500. The molecule has 0 saturated heterocycles. The van der Waals surface area contributed by atoms with Gasteiger partial charge >= 0.3 is 0 Å². The van der Waals surface area contributed by atoms with Crippen LogP contribution in [0.4, 0.5) is 0 Å². The third-order valence-corrected chi connectivity index (χ3v) is 3.99. The van der Waals surface area contributed by atoms with Crippen LogP contribution in [0.2, 0.25) is 0 Å². The van der Waals surface area contributed by atoms with E-state index in [0.29, 0.717) is 12.0 Å². The summed E-state index contributed by atoms with van der Waals surface area (Å²) in [4.78, 5) is 29.4. The Morgan fingerprint density at radius 2 is 1.68 bits per heavy atom. The summed E-state index contributed by atoms with van der Waals surface area (Å²) in [7, 11) is 0. The van der Waals surface area contributed by atoms with Crippen LogP contribution in [0.5, 0.6) is 0 Å². The van der Waals surface area contributed by atoms with E-state index >= 15 is 0 Å². The molecule has 1 aliphatic rings. The molecule has 1 aromatic carbocycles. The van der Waals surface area contributed by atoms with Crippen LogP contribution in [0, 0.1) is 0 Å². The van der Waals surface area contributed by atoms with Crippen molar-refractivity contribution in [3.8, 4) is 0 Å². The van der Waals surface area contributed by atoms with Gasteiger partial charge in [-0.2, -0.15) is 0 Å². The number of nitrogens with zero attached hydrogens (tertiary/aromatic N) is 4. The van der Waals surface area contributed by atoms with E-state index in [-0.39, 0.29) is 11.6 Å². The lowest BCUT2D eigenvalue weighted by atomic mass is 10.0. The maximum atomic E-state index is 12.3. The van der Waals surface area contributed by atoms with Gasteiger partial charge in [-0.1, -0.05) is 36.4 Å². The molecule has 0 N–H and O–H groups in total. The second-order valence-corrected chi connectivity index (χ2v) is 5.64. The predicted molar refractivity (Wildman–Crippen MR) is 95.3 cm³/mol. The number of carbonyl (C=O) groups is 1. The Hall–Kier alpha value is -3.47. The maximum Gasteiger partial charge on any atom is 0.230 e. The number of carbonyl (C=O) groups excluding carboxylic acids is 1. The Morgan fingerprint density at radius 1 is 0.880 bits per heavy atom. The number of pyridine rings is 1. The molecule has 3 heterocycles. The van der Waals surface area contributed by atoms with Crippen molar-refractivity contribution in [3.05, 3.63) is 96.0 Å². The first-order chi connectivity index (χ1) is 12.3. The van der Waals surface area contributed by atoms with Gasteiger partial charge in [0.25, 0.3) is 0 Å². The molecule has 0 atom stereocenters. The lowest BCUT2D eigenvalue weighted by Gasteiger charge is -2.04. The highest BCUT2D eigenvalue weighted by molar-refractivity contribution is 6.09. The SMILES string of the molecule is O=C(c1ccccc1)c1ncc(C2=CN=C(c3cccnc3)C2)cn1. The highest BCUT2D eigenvalue weighted by Gasteiger charge is 2.16. The Kier molecular flexibility index (Phi) is 3.96. The normalized spacial score (nSPS) is 13.3. The van der Waals surface area contributed by atoms with Gasteiger partial charge in [0.2, 0.25) is 11.6 Å². The highest BCUT2D eigenvalue weighted by atomic mass is 16.1. The number of benzene rings is 1. The van der Waals surface area contributed by atoms with Crippen molar-refractivity contribution in [2.45, 2.75) is 6.42 Å². The van der Waals surface area contributed by atoms with Crippen molar-refractivity contribution in [2.75, 3.05) is 0 Å². The molecule has 4 rings (SSSR count). The molecule has 0 aliphatic carbocycles. The first-order valence-corrected chi connectivity index (χ1v) is 7.89. The molecule has 0 unspecified atom stereocenters. The molecule has 0 spiro atoms. The van der Waals surface area contributed by atoms with E-state index in [1.54, 1.807) is 36.9 Å². The first-order valence-electron chi connectivity index (χ1n) is 7.89. The maximum absolute atomic E-state index is 12.3. The molecule has 0 bridgehead atoms. The lowest BCUT2D eigenvalue weighted by molar-refractivity contribution is 0.102. The topological polar surface area (TPSA) is 68.1 Å². The monoisotopic (exact) mass is 326 g/mol. The van der Waals surface area contributed by atoms with Crippen LogP contribution in [0.3, 0.4) is 0 Å². The first kappa shape index (κ1) is 15.1. The minimum Gasteiger partial charge on any atom is -0.285 e. The van der Waals surface area contributed by atoms with Crippen molar-refractivity contribution in [2.24, 2.45) is 4.99 Å². The van der Waals surface area contributed by atoms with Gasteiger partial charge in [0.05, 0.1) is 5.71 Å². The molecule has 3 aromatic rings. The molecule has 0 saturated carbocycles. The van der Waals surface area contributed by atoms with Crippen molar-refractivity contribution >= 4 is 17.1 Å². The molecule has 25 heavy (non-hydrogen) atoms. The summed E-state index contributed by atoms with van der Waals surface area (Å²) in [6.07, 6.45) is 9.41. The average molecular weight is 326 g/mol. The van der Waals surface area contributed by atoms with Gasteiger partial charge in [0.15, 0.2) is 0 Å². The number of aliphatic imine (C=N–C) groups is 1. The van der Waals surface area contributed by atoms with E-state index in [0.717, 1.165) is 22.4 Å². The van der Waals surface area contributed by atoms with Crippen LogP contribution in [0.25, 0.3) is 5.57 Å². The summed E-state index contributed by atoms with van der Waals surface area (Å²) in [6.45, 7) is 0. The fourth-order valence-corrected chi connectivity index (χ4v) is 2.64. The van der Waals surface area contributed by atoms with Gasteiger partial charge in [-0.05, 0) is 11.6 Å². The Labute approximate surface area is 144 Å². The number of aromatic nitrogens is 3. The smallest absolute Gasteiger partial charge is 0.230 e. The molecule has 120 valence electrons. The average Bonchev–Trinajstić information content (AvgIpc) is 3.19. The number of ketones is 1. The van der Waals surface area contributed by atoms with Gasteiger partial charge in [-0.3, -0.25) is 14.8 Å². The summed E-state index contributed by atoms with van der Waals surface area (Å²) in [5.41, 5.74) is 4.44. The molecule has 0 radical (unpaired) electrons. The molecule has 5 nitrogen and oxygen atoms in total. The van der Waals surface area contributed by atoms with Gasteiger partial charge < -0.3 is 0 Å². The molecular formula is C20H14N4O. The molecule has 2 aromatic heterocycles. The Morgan fingerprint density at radius 3 is 2.40 bits per heavy atom. The second-order valence-electron chi connectivity index (χ2n) is 5.64. The van der Waals surface area contributed by atoms with E-state index in [4.69, 9.17) is 0 Å². The van der Waals surface area contributed by atoms with Crippen LogP contribution in [0.1, 0.15) is 33.7 Å². The lowest BCUT2D eigenvalue weighted by Crippen LogP contribution is -2.07. The van der Waals surface area contributed by atoms with Crippen molar-refractivity contribution < 1.29 is 4.79 Å². The Balaban J connectivity index is 1.50. The van der Waals surface area contributed by atoms with E-state index in [2.05, 4.69) is 19.9 Å². The summed E-state index contributed by atoms with van der Waals surface area (Å²) in [5.74, 6) is 0.0156. The number of allylic oxidation sites excluding steroid dienone is 1. The van der Waals surface area contributed by atoms with Crippen LogP contribution >= 0.6 is 0 Å². The highest BCUT2D eigenvalue weighted by Crippen LogP contribution is 2.25. The van der Waals surface area contributed by atoms with E-state index < -0.39 is 0 Å². The fourth-order valence-electron chi connectivity index (χ4n) is 2.64. The largest absolute Gasteiger partial charge is 0.285 e. The number of rotatable bonds is 4. The third kappa shape index (κ3) is 3.12. The minimum absolute atomic E-state index is 0.181. The summed E-state index contributed by atoms with van der Waals surface area (Å²) >= 11 is 0. The predicted octanol–water partition coefficient (Wildman–Crippen LogP) is 3.34. The zero-order valence-electron chi connectivity index (χ0n) is 13.3. The van der Waals surface area contributed by atoms with E-state index in [1.165, 1.54) is 0 Å². The molecule has 5 heteroatoms. The summed E-state index contributed by atoms with van der Waals surface area (Å²) < 4.78 is 0. The summed E-state index contributed by atoms with van der Waals surface area (Å²) in [5, 5.41) is 0. The van der Waals surface area contributed by atoms with Crippen molar-refractivity contribution in [1.82, 2.24) is 15.0 Å². The number of hydrogen-bond acceptors (Lipinski definition) is 5. The van der Waals surface area contributed by atoms with Crippen molar-refractivity contribution in [1.29, 1.82) is 0 Å². The second kappa shape index (κ2) is 6.57. The molecular weight excluding hydrogens is 312 g/mol. The van der Waals surface area contributed by atoms with Crippen LogP contribution in [-0.2, 0) is 0 Å². The molecule has 1 aliphatic heterocycles. The number of hydrogen-bond donors (Lipinski definition) is 0. The van der Waals surface area contributed by atoms with Crippen LogP contribution < -0.4 is 0 Å². The van der Waals surface area contributed by atoms with Crippen LogP contribution in [0.15, 0.2) is 78.4 Å². The van der Waals surface area contributed by atoms with Gasteiger partial charge in [-0.15, -0.1) is 0 Å². The molecule has 0 amide bonds. The van der Waals surface area contributed by atoms with Gasteiger partial charge in [-0.25, -0.2) is 9.97 Å². The van der Waals surface area contributed by atoms with Crippen molar-refractivity contribution in [3.63, 3.8) is 0 Å². The zero-order valence-corrected chi connectivity index (χ0v) is 13.3. The Bertz CT molecular complexity index is 962. The van der Waals surface area contributed by atoms with E-state index in [9.17, 15) is 4.79 Å². The minimum atomic E-state index is -0.181. The third-order valence-electron chi connectivity index (χ3n) is 3.99. The van der Waals surface area contributed by atoms with Gasteiger partial charge in [0.1, 0.15) is 0 Å². The van der Waals surface area contributed by atoms with E-state index in [1.807, 2.05) is 36.5 Å². The van der Waals surface area contributed by atoms with Crippen LogP contribution in [-0.4, -0.2) is 26.4 Å². The zero-order chi connectivity index (χ0) is 17.1. The quantitative estimate of drug-likeness (QED) is 0.690. The standard InChI is InChI=1S/C20H14N4O/c25-19(14-5-2-1-3-6-14)20-23-12-17(13-24-20)16-9-18(22-11-16)15-7-4-8-21-10-15/h1-8,10-13H,9H2. The van der Waals surface area contributed by atoms with Gasteiger partial charge in [0, 0.05) is 54.1 Å².